The number of unbranched alkanes of at least 4 members (excludes halogenated alkanes) is 8. The lowest BCUT2D eigenvalue weighted by Crippen LogP contribution is -2.02. The number of ether oxygens (including phenoxy) is 1. The van der Waals surface area contributed by atoms with Crippen molar-refractivity contribution in [2.24, 2.45) is 0 Å². The van der Waals surface area contributed by atoms with Gasteiger partial charge in [0.1, 0.15) is 5.75 Å². The second-order valence-electron chi connectivity index (χ2n) is 7.07. The minimum Gasteiger partial charge on any atom is -0.497 e. The Kier molecular flexibility index (Phi) is 8.65. The van der Waals surface area contributed by atoms with Gasteiger partial charge >= 0.3 is 0 Å². The number of benzene rings is 1. The number of hydrogen-bond donors (Lipinski definition) is 0. The van der Waals surface area contributed by atoms with E-state index in [-0.39, 0.29) is 0 Å². The SMILES string of the molecule is CCCCCCCCCCCn1c(C)ccc1-c1ccc(OC)cc1. The highest BCUT2D eigenvalue weighted by Crippen LogP contribution is 2.25. The molecule has 2 heteroatoms. The largest absolute Gasteiger partial charge is 0.497 e. The van der Waals surface area contributed by atoms with Crippen molar-refractivity contribution in [3.05, 3.63) is 42.1 Å². The molecule has 0 atom stereocenters. The van der Waals surface area contributed by atoms with E-state index in [1.165, 1.54) is 74.7 Å². The molecule has 138 valence electrons. The van der Waals surface area contributed by atoms with Gasteiger partial charge in [-0.2, -0.15) is 0 Å². The van der Waals surface area contributed by atoms with Crippen LogP contribution in [0.5, 0.6) is 5.75 Å². The van der Waals surface area contributed by atoms with Crippen molar-refractivity contribution in [1.29, 1.82) is 0 Å². The molecule has 0 N–H and O–H groups in total. The van der Waals surface area contributed by atoms with Crippen molar-refractivity contribution < 1.29 is 4.74 Å². The molecule has 0 saturated heterocycles. The fourth-order valence-corrected chi connectivity index (χ4v) is 3.46. The first kappa shape index (κ1) is 19.6. The molecule has 1 aromatic carbocycles. The van der Waals surface area contributed by atoms with Crippen molar-refractivity contribution in [1.82, 2.24) is 4.57 Å². The van der Waals surface area contributed by atoms with Crippen molar-refractivity contribution >= 4 is 0 Å². The monoisotopic (exact) mass is 341 g/mol. The molecule has 0 unspecified atom stereocenters. The first-order valence-electron chi connectivity index (χ1n) is 10.1. The zero-order valence-electron chi connectivity index (χ0n) is 16.4. The van der Waals surface area contributed by atoms with Crippen molar-refractivity contribution in [3.8, 4) is 17.0 Å². The summed E-state index contributed by atoms with van der Waals surface area (Å²) < 4.78 is 7.73. The lowest BCUT2D eigenvalue weighted by atomic mass is 10.1. The van der Waals surface area contributed by atoms with Crippen LogP contribution >= 0.6 is 0 Å². The van der Waals surface area contributed by atoms with Gasteiger partial charge in [-0.15, -0.1) is 0 Å². The Bertz CT molecular complexity index is 597. The molecule has 0 aliphatic heterocycles. The number of nitrogens with zero attached hydrogens (tertiary/aromatic N) is 1. The minimum absolute atomic E-state index is 0.914. The summed E-state index contributed by atoms with van der Waals surface area (Å²) in [5, 5.41) is 0. The standard InChI is InChI=1S/C23H35NO/c1-4-5-6-7-8-9-10-11-12-19-24-20(2)13-18-23(24)21-14-16-22(25-3)17-15-21/h13-18H,4-12,19H2,1-3H3. The molecular formula is C23H35NO. The molecule has 2 aromatic rings. The summed E-state index contributed by atoms with van der Waals surface area (Å²) in [4.78, 5) is 0. The molecule has 0 amide bonds. The Labute approximate surface area is 154 Å². The predicted octanol–water partition coefficient (Wildman–Crippen LogP) is 7.00. The van der Waals surface area contributed by atoms with Gasteiger partial charge in [0.2, 0.25) is 0 Å². The topological polar surface area (TPSA) is 14.2 Å². The number of hydrogen-bond acceptors (Lipinski definition) is 1. The van der Waals surface area contributed by atoms with Crippen LogP contribution in [-0.2, 0) is 6.54 Å². The van der Waals surface area contributed by atoms with E-state index in [2.05, 4.69) is 42.7 Å². The minimum atomic E-state index is 0.914. The Hall–Kier alpha value is -1.70. The lowest BCUT2D eigenvalue weighted by Gasteiger charge is -2.12. The van der Waals surface area contributed by atoms with E-state index in [1.54, 1.807) is 7.11 Å². The van der Waals surface area contributed by atoms with Crippen LogP contribution in [0.2, 0.25) is 0 Å². The molecule has 0 bridgehead atoms. The van der Waals surface area contributed by atoms with Crippen molar-refractivity contribution in [2.45, 2.75) is 78.2 Å². The predicted molar refractivity (Wildman–Crippen MR) is 108 cm³/mol. The van der Waals surface area contributed by atoms with Crippen LogP contribution in [0.3, 0.4) is 0 Å². The second-order valence-corrected chi connectivity index (χ2v) is 7.07. The van der Waals surface area contributed by atoms with Gasteiger partial charge in [-0.1, -0.05) is 58.3 Å². The van der Waals surface area contributed by atoms with Gasteiger partial charge in [0.15, 0.2) is 0 Å². The maximum absolute atomic E-state index is 5.27. The second kappa shape index (κ2) is 11.0. The first-order valence-corrected chi connectivity index (χ1v) is 10.1. The number of aromatic nitrogens is 1. The third-order valence-electron chi connectivity index (χ3n) is 5.07. The van der Waals surface area contributed by atoms with E-state index in [1.807, 2.05) is 12.1 Å². The summed E-state index contributed by atoms with van der Waals surface area (Å²) >= 11 is 0. The quantitative estimate of drug-likeness (QED) is 0.379. The molecule has 0 radical (unpaired) electrons. The Balaban J connectivity index is 1.77. The summed E-state index contributed by atoms with van der Waals surface area (Å²) in [6.45, 7) is 5.61. The van der Waals surface area contributed by atoms with E-state index in [4.69, 9.17) is 4.74 Å². The summed E-state index contributed by atoms with van der Waals surface area (Å²) in [6, 6.07) is 12.9. The summed E-state index contributed by atoms with van der Waals surface area (Å²) in [5.41, 5.74) is 3.94. The Morgan fingerprint density at radius 1 is 0.760 bits per heavy atom. The van der Waals surface area contributed by atoms with Gasteiger partial charge < -0.3 is 9.30 Å². The molecule has 0 spiro atoms. The summed E-state index contributed by atoms with van der Waals surface area (Å²) in [7, 11) is 1.71. The summed E-state index contributed by atoms with van der Waals surface area (Å²) in [5.74, 6) is 0.914. The average Bonchev–Trinajstić information content (AvgIpc) is 3.01. The molecular weight excluding hydrogens is 306 g/mol. The normalized spacial score (nSPS) is 11.0. The Morgan fingerprint density at radius 3 is 1.96 bits per heavy atom. The maximum atomic E-state index is 5.27. The van der Waals surface area contributed by atoms with Gasteiger partial charge in [0.25, 0.3) is 0 Å². The van der Waals surface area contributed by atoms with Crippen LogP contribution in [0.15, 0.2) is 36.4 Å². The maximum Gasteiger partial charge on any atom is 0.118 e. The van der Waals surface area contributed by atoms with Crippen LogP contribution < -0.4 is 4.74 Å². The van der Waals surface area contributed by atoms with E-state index in [9.17, 15) is 0 Å². The third-order valence-corrected chi connectivity index (χ3v) is 5.07. The van der Waals surface area contributed by atoms with Crippen molar-refractivity contribution in [3.63, 3.8) is 0 Å². The highest BCUT2D eigenvalue weighted by atomic mass is 16.5. The average molecular weight is 342 g/mol. The van der Waals surface area contributed by atoms with Crippen LogP contribution in [-0.4, -0.2) is 11.7 Å². The number of methoxy groups -OCH3 is 1. The fourth-order valence-electron chi connectivity index (χ4n) is 3.46. The summed E-state index contributed by atoms with van der Waals surface area (Å²) in [6.07, 6.45) is 12.4. The zero-order valence-corrected chi connectivity index (χ0v) is 16.4. The molecule has 0 aliphatic rings. The van der Waals surface area contributed by atoms with Crippen LogP contribution in [0.4, 0.5) is 0 Å². The van der Waals surface area contributed by atoms with E-state index in [0.717, 1.165) is 12.3 Å². The molecule has 0 aliphatic carbocycles. The van der Waals surface area contributed by atoms with E-state index in [0.29, 0.717) is 0 Å². The number of aryl methyl sites for hydroxylation is 1. The van der Waals surface area contributed by atoms with Gasteiger partial charge in [0, 0.05) is 17.9 Å². The molecule has 25 heavy (non-hydrogen) atoms. The Morgan fingerprint density at radius 2 is 1.36 bits per heavy atom. The fraction of sp³-hybridized carbons (Fsp3) is 0.565. The van der Waals surface area contributed by atoms with Gasteiger partial charge in [-0.3, -0.25) is 0 Å². The molecule has 2 nitrogen and oxygen atoms in total. The highest BCUT2D eigenvalue weighted by Gasteiger charge is 2.07. The smallest absolute Gasteiger partial charge is 0.118 e. The van der Waals surface area contributed by atoms with Crippen LogP contribution in [0, 0.1) is 6.92 Å². The van der Waals surface area contributed by atoms with Gasteiger partial charge in [-0.25, -0.2) is 0 Å². The molecule has 1 aromatic heterocycles. The van der Waals surface area contributed by atoms with Gasteiger partial charge in [-0.05, 0) is 55.3 Å². The van der Waals surface area contributed by atoms with Crippen molar-refractivity contribution in [2.75, 3.05) is 7.11 Å². The van der Waals surface area contributed by atoms with Crippen LogP contribution in [0.25, 0.3) is 11.3 Å². The van der Waals surface area contributed by atoms with Gasteiger partial charge in [0.05, 0.1) is 7.11 Å². The van der Waals surface area contributed by atoms with Crippen LogP contribution in [0.1, 0.15) is 70.4 Å². The zero-order chi connectivity index (χ0) is 17.9. The van der Waals surface area contributed by atoms with E-state index < -0.39 is 0 Å². The molecule has 0 saturated carbocycles. The molecule has 2 rings (SSSR count). The molecule has 0 fully saturated rings. The first-order chi connectivity index (χ1) is 12.3. The highest BCUT2D eigenvalue weighted by molar-refractivity contribution is 5.61. The third kappa shape index (κ3) is 6.26. The molecule has 1 heterocycles. The lowest BCUT2D eigenvalue weighted by molar-refractivity contribution is 0.415. The number of rotatable bonds is 12. The van der Waals surface area contributed by atoms with E-state index >= 15 is 0 Å².